The first kappa shape index (κ1) is 13.4. The van der Waals surface area contributed by atoms with E-state index in [-0.39, 0.29) is 0 Å². The molecule has 0 radical (unpaired) electrons. The number of benzene rings is 1. The van der Waals surface area contributed by atoms with E-state index >= 15 is 0 Å². The standard InChI is InChI=1S/C14H18N2O3/c1-16-9-10(8-15-16)6-13(17)12-5-4-11(18-2)7-14(12)19-3/h4-5,7-9,13,17H,6H2,1-3H3. The molecule has 1 N–H and O–H groups in total. The molecule has 0 aliphatic heterocycles. The van der Waals surface area contributed by atoms with Crippen molar-refractivity contribution in [1.82, 2.24) is 9.78 Å². The van der Waals surface area contributed by atoms with E-state index in [0.717, 1.165) is 11.1 Å². The van der Waals surface area contributed by atoms with Crippen molar-refractivity contribution < 1.29 is 14.6 Å². The van der Waals surface area contributed by atoms with Gasteiger partial charge in [0.15, 0.2) is 0 Å². The number of hydrogen-bond acceptors (Lipinski definition) is 4. The van der Waals surface area contributed by atoms with Gasteiger partial charge in [0, 0.05) is 31.3 Å². The predicted molar refractivity (Wildman–Crippen MR) is 71.4 cm³/mol. The highest BCUT2D eigenvalue weighted by molar-refractivity contribution is 5.42. The summed E-state index contributed by atoms with van der Waals surface area (Å²) in [6.45, 7) is 0. The SMILES string of the molecule is COc1ccc(C(O)Cc2cnn(C)c2)c(OC)c1. The molecule has 1 heterocycles. The molecule has 2 rings (SSSR count). The van der Waals surface area contributed by atoms with Crippen LogP contribution in [-0.4, -0.2) is 29.1 Å². The van der Waals surface area contributed by atoms with Gasteiger partial charge in [0.1, 0.15) is 11.5 Å². The number of aryl methyl sites for hydroxylation is 1. The fourth-order valence-electron chi connectivity index (χ4n) is 2.00. The zero-order valence-electron chi connectivity index (χ0n) is 11.3. The Hall–Kier alpha value is -2.01. The first-order valence-electron chi connectivity index (χ1n) is 6.01. The van der Waals surface area contributed by atoms with Crippen LogP contribution in [0.5, 0.6) is 11.5 Å². The Balaban J connectivity index is 2.20. The number of rotatable bonds is 5. The molecular formula is C14H18N2O3. The molecule has 0 aliphatic rings. The highest BCUT2D eigenvalue weighted by Gasteiger charge is 2.15. The topological polar surface area (TPSA) is 56.5 Å². The van der Waals surface area contributed by atoms with Gasteiger partial charge in [-0.1, -0.05) is 0 Å². The minimum Gasteiger partial charge on any atom is -0.497 e. The van der Waals surface area contributed by atoms with Crippen molar-refractivity contribution >= 4 is 0 Å². The second-order valence-electron chi connectivity index (χ2n) is 4.35. The normalized spacial score (nSPS) is 12.2. The molecular weight excluding hydrogens is 244 g/mol. The Kier molecular flexibility index (Phi) is 4.06. The zero-order chi connectivity index (χ0) is 13.8. The van der Waals surface area contributed by atoms with Gasteiger partial charge in [-0.25, -0.2) is 0 Å². The number of aliphatic hydroxyl groups excluding tert-OH is 1. The maximum Gasteiger partial charge on any atom is 0.128 e. The van der Waals surface area contributed by atoms with E-state index in [1.54, 1.807) is 31.2 Å². The molecule has 0 amide bonds. The second-order valence-corrected chi connectivity index (χ2v) is 4.35. The Morgan fingerprint density at radius 2 is 2.11 bits per heavy atom. The van der Waals surface area contributed by atoms with E-state index in [2.05, 4.69) is 5.10 Å². The lowest BCUT2D eigenvalue weighted by atomic mass is 10.0. The molecule has 1 aromatic carbocycles. The smallest absolute Gasteiger partial charge is 0.128 e. The van der Waals surface area contributed by atoms with E-state index in [1.165, 1.54) is 0 Å². The largest absolute Gasteiger partial charge is 0.497 e. The number of aromatic nitrogens is 2. The lowest BCUT2D eigenvalue weighted by Crippen LogP contribution is -2.04. The van der Waals surface area contributed by atoms with Crippen LogP contribution in [0.4, 0.5) is 0 Å². The summed E-state index contributed by atoms with van der Waals surface area (Å²) in [5, 5.41) is 14.4. The maximum atomic E-state index is 10.3. The average molecular weight is 262 g/mol. The molecule has 0 fully saturated rings. The molecule has 1 atom stereocenters. The fourth-order valence-corrected chi connectivity index (χ4v) is 2.00. The van der Waals surface area contributed by atoms with E-state index in [4.69, 9.17) is 9.47 Å². The van der Waals surface area contributed by atoms with Gasteiger partial charge in [-0.3, -0.25) is 4.68 Å². The Bertz CT molecular complexity index is 551. The number of aliphatic hydroxyl groups is 1. The molecule has 1 aromatic heterocycles. The maximum absolute atomic E-state index is 10.3. The van der Waals surface area contributed by atoms with Crippen LogP contribution < -0.4 is 9.47 Å². The van der Waals surface area contributed by atoms with Gasteiger partial charge in [-0.05, 0) is 17.7 Å². The molecule has 5 nitrogen and oxygen atoms in total. The van der Waals surface area contributed by atoms with Gasteiger partial charge >= 0.3 is 0 Å². The molecule has 0 saturated carbocycles. The third-order valence-electron chi connectivity index (χ3n) is 2.99. The van der Waals surface area contributed by atoms with Crippen LogP contribution in [0, 0.1) is 0 Å². The van der Waals surface area contributed by atoms with E-state index in [1.807, 2.05) is 25.4 Å². The van der Waals surface area contributed by atoms with Crippen LogP contribution in [-0.2, 0) is 13.5 Å². The van der Waals surface area contributed by atoms with Crippen LogP contribution in [0.1, 0.15) is 17.2 Å². The fraction of sp³-hybridized carbons (Fsp3) is 0.357. The third kappa shape index (κ3) is 3.06. The van der Waals surface area contributed by atoms with E-state index < -0.39 is 6.10 Å². The predicted octanol–water partition coefficient (Wildman–Crippen LogP) is 1.71. The lowest BCUT2D eigenvalue weighted by Gasteiger charge is -2.15. The molecule has 2 aromatic rings. The third-order valence-corrected chi connectivity index (χ3v) is 2.99. The van der Waals surface area contributed by atoms with Gasteiger partial charge in [0.25, 0.3) is 0 Å². The average Bonchev–Trinajstić information content (AvgIpc) is 2.83. The van der Waals surface area contributed by atoms with E-state index in [0.29, 0.717) is 17.9 Å². The summed E-state index contributed by atoms with van der Waals surface area (Å²) in [6.07, 6.45) is 3.50. The lowest BCUT2D eigenvalue weighted by molar-refractivity contribution is 0.174. The van der Waals surface area contributed by atoms with Crippen molar-refractivity contribution in [3.63, 3.8) is 0 Å². The molecule has 5 heteroatoms. The Labute approximate surface area is 112 Å². The van der Waals surface area contributed by atoms with Gasteiger partial charge in [0.2, 0.25) is 0 Å². The van der Waals surface area contributed by atoms with Gasteiger partial charge < -0.3 is 14.6 Å². The molecule has 0 spiro atoms. The molecule has 0 saturated heterocycles. The van der Waals surface area contributed by atoms with Crippen LogP contribution in [0.3, 0.4) is 0 Å². The Morgan fingerprint density at radius 1 is 1.32 bits per heavy atom. The van der Waals surface area contributed by atoms with Crippen LogP contribution in [0.2, 0.25) is 0 Å². The van der Waals surface area contributed by atoms with Gasteiger partial charge in [0.05, 0.1) is 26.5 Å². The summed E-state index contributed by atoms with van der Waals surface area (Å²) in [5.74, 6) is 1.32. The summed E-state index contributed by atoms with van der Waals surface area (Å²) >= 11 is 0. The molecule has 1 unspecified atom stereocenters. The highest BCUT2D eigenvalue weighted by atomic mass is 16.5. The first-order chi connectivity index (χ1) is 9.13. The molecule has 102 valence electrons. The van der Waals surface area contributed by atoms with Crippen molar-refractivity contribution in [2.75, 3.05) is 14.2 Å². The minimum atomic E-state index is -0.634. The number of hydrogen-bond donors (Lipinski definition) is 1. The molecule has 19 heavy (non-hydrogen) atoms. The van der Waals surface area contributed by atoms with Gasteiger partial charge in [-0.15, -0.1) is 0 Å². The minimum absolute atomic E-state index is 0.497. The Morgan fingerprint density at radius 3 is 2.68 bits per heavy atom. The van der Waals surface area contributed by atoms with Crippen LogP contribution in [0.15, 0.2) is 30.6 Å². The van der Waals surface area contributed by atoms with Crippen molar-refractivity contribution in [1.29, 1.82) is 0 Å². The van der Waals surface area contributed by atoms with E-state index in [9.17, 15) is 5.11 Å². The number of methoxy groups -OCH3 is 2. The summed E-state index contributed by atoms with van der Waals surface area (Å²) < 4.78 is 12.1. The van der Waals surface area contributed by atoms with Crippen molar-refractivity contribution in [2.45, 2.75) is 12.5 Å². The summed E-state index contributed by atoms with van der Waals surface area (Å²) in [6, 6.07) is 5.39. The molecule has 0 aliphatic carbocycles. The quantitative estimate of drug-likeness (QED) is 0.891. The van der Waals surface area contributed by atoms with Crippen molar-refractivity contribution in [2.24, 2.45) is 7.05 Å². The van der Waals surface area contributed by atoms with Crippen LogP contribution >= 0.6 is 0 Å². The van der Waals surface area contributed by atoms with Crippen molar-refractivity contribution in [3.05, 3.63) is 41.7 Å². The van der Waals surface area contributed by atoms with Gasteiger partial charge in [-0.2, -0.15) is 5.10 Å². The summed E-state index contributed by atoms with van der Waals surface area (Å²) in [4.78, 5) is 0. The number of ether oxygens (including phenoxy) is 2. The second kappa shape index (κ2) is 5.75. The first-order valence-corrected chi connectivity index (χ1v) is 6.01. The van der Waals surface area contributed by atoms with Crippen LogP contribution in [0.25, 0.3) is 0 Å². The summed E-state index contributed by atoms with van der Waals surface area (Å²) in [5.41, 5.74) is 1.72. The highest BCUT2D eigenvalue weighted by Crippen LogP contribution is 2.31. The zero-order valence-corrected chi connectivity index (χ0v) is 11.3. The molecule has 0 bridgehead atoms. The number of nitrogens with zero attached hydrogens (tertiary/aromatic N) is 2. The summed E-state index contributed by atoms with van der Waals surface area (Å²) in [7, 11) is 5.03. The van der Waals surface area contributed by atoms with Crippen molar-refractivity contribution in [3.8, 4) is 11.5 Å². The monoisotopic (exact) mass is 262 g/mol.